The molecule has 180 valence electrons. The van der Waals surface area contributed by atoms with E-state index in [0.717, 1.165) is 38.3 Å². The lowest BCUT2D eigenvalue weighted by Crippen LogP contribution is -2.47. The molecule has 0 saturated carbocycles. The number of alkyl halides is 3. The lowest BCUT2D eigenvalue weighted by atomic mass is 10.1. The van der Waals surface area contributed by atoms with Gasteiger partial charge in [-0.05, 0) is 55.1 Å². The van der Waals surface area contributed by atoms with E-state index in [9.17, 15) is 18.0 Å². The molecule has 1 fully saturated rings. The number of hydrogen-bond donors (Lipinski definition) is 0. The van der Waals surface area contributed by atoms with Crippen molar-refractivity contribution < 1.29 is 22.4 Å². The van der Waals surface area contributed by atoms with Gasteiger partial charge in [0.15, 0.2) is 5.17 Å². The Labute approximate surface area is 204 Å². The molecule has 1 aromatic heterocycles. The molecule has 1 saturated heterocycles. The maximum Gasteiger partial charge on any atom is 0.416 e. The number of thioether (sulfide) groups is 1. The Balaban J connectivity index is 1.24. The lowest BCUT2D eigenvalue weighted by Gasteiger charge is -2.36. The number of furan rings is 1. The molecule has 0 aliphatic carbocycles. The molecule has 2 aliphatic heterocycles. The predicted molar refractivity (Wildman–Crippen MR) is 132 cm³/mol. The van der Waals surface area contributed by atoms with Gasteiger partial charge >= 0.3 is 6.18 Å². The summed E-state index contributed by atoms with van der Waals surface area (Å²) in [6, 6.07) is 16.6. The van der Waals surface area contributed by atoms with Crippen LogP contribution in [0.15, 0.2) is 75.0 Å². The molecule has 0 spiro atoms. The van der Waals surface area contributed by atoms with Crippen molar-refractivity contribution in [3.8, 4) is 11.3 Å². The third-order valence-corrected chi connectivity index (χ3v) is 6.98. The highest BCUT2D eigenvalue weighted by molar-refractivity contribution is 8.18. The van der Waals surface area contributed by atoms with Crippen molar-refractivity contribution in [3.05, 3.63) is 82.5 Å². The van der Waals surface area contributed by atoms with Gasteiger partial charge in [-0.25, -0.2) is 0 Å². The molecule has 2 aromatic carbocycles. The zero-order valence-corrected chi connectivity index (χ0v) is 19.7. The molecule has 1 amide bonds. The van der Waals surface area contributed by atoms with E-state index < -0.39 is 11.7 Å². The molecule has 3 heterocycles. The minimum atomic E-state index is -4.43. The van der Waals surface area contributed by atoms with Gasteiger partial charge in [0.2, 0.25) is 0 Å². The number of piperazine rings is 1. The number of amidine groups is 1. The summed E-state index contributed by atoms with van der Waals surface area (Å²) in [4.78, 5) is 21.6. The summed E-state index contributed by atoms with van der Waals surface area (Å²) in [6.45, 7) is 5.22. The highest BCUT2D eigenvalue weighted by Crippen LogP contribution is 2.34. The summed E-state index contributed by atoms with van der Waals surface area (Å²) < 4.78 is 44.8. The van der Waals surface area contributed by atoms with E-state index in [1.165, 1.54) is 29.1 Å². The third kappa shape index (κ3) is 5.14. The van der Waals surface area contributed by atoms with Gasteiger partial charge in [0.25, 0.3) is 5.91 Å². The fourth-order valence-corrected chi connectivity index (χ4v) is 4.95. The number of hydrogen-bond acceptors (Lipinski definition) is 5. The molecule has 0 atom stereocenters. The highest BCUT2D eigenvalue weighted by Gasteiger charge is 2.31. The largest absolute Gasteiger partial charge is 0.457 e. The van der Waals surface area contributed by atoms with E-state index >= 15 is 0 Å². The van der Waals surface area contributed by atoms with Crippen molar-refractivity contribution in [2.24, 2.45) is 4.99 Å². The first-order valence-corrected chi connectivity index (χ1v) is 11.9. The van der Waals surface area contributed by atoms with Crippen molar-refractivity contribution in [2.75, 3.05) is 31.1 Å². The Morgan fingerprint density at radius 2 is 1.69 bits per heavy atom. The van der Waals surface area contributed by atoms with Crippen LogP contribution in [0.2, 0.25) is 0 Å². The summed E-state index contributed by atoms with van der Waals surface area (Å²) in [5.41, 5.74) is 1.98. The Kier molecular flexibility index (Phi) is 6.19. The monoisotopic (exact) mass is 497 g/mol. The van der Waals surface area contributed by atoms with E-state index in [4.69, 9.17) is 4.42 Å². The van der Waals surface area contributed by atoms with Crippen LogP contribution in [0.1, 0.15) is 16.9 Å². The zero-order valence-electron chi connectivity index (χ0n) is 18.9. The second-order valence-corrected chi connectivity index (χ2v) is 9.41. The average molecular weight is 498 g/mol. The number of amides is 1. The van der Waals surface area contributed by atoms with Gasteiger partial charge in [-0.15, -0.1) is 0 Å². The maximum absolute atomic E-state index is 13.0. The molecule has 0 radical (unpaired) electrons. The molecule has 0 N–H and O–H groups in total. The Morgan fingerprint density at radius 3 is 2.40 bits per heavy atom. The van der Waals surface area contributed by atoms with E-state index in [1.54, 1.807) is 24.3 Å². The second-order valence-electron chi connectivity index (χ2n) is 8.40. The lowest BCUT2D eigenvalue weighted by molar-refractivity contribution is -0.137. The first-order chi connectivity index (χ1) is 16.8. The summed E-state index contributed by atoms with van der Waals surface area (Å²) in [6.07, 6.45) is -2.84. The Bertz CT molecular complexity index is 1300. The second kappa shape index (κ2) is 9.30. The quantitative estimate of drug-likeness (QED) is 0.412. The minimum absolute atomic E-state index is 0.298. The van der Waals surface area contributed by atoms with Gasteiger partial charge in [0.1, 0.15) is 11.5 Å². The Morgan fingerprint density at radius 1 is 0.971 bits per heavy atom. The van der Waals surface area contributed by atoms with Gasteiger partial charge in [-0.3, -0.25) is 4.79 Å². The first-order valence-electron chi connectivity index (χ1n) is 11.1. The molecule has 9 heteroatoms. The fourth-order valence-electron chi connectivity index (χ4n) is 4.01. The molecular formula is C26H22F3N3O2S. The fraction of sp³-hybridized carbons (Fsp3) is 0.231. The molecule has 35 heavy (non-hydrogen) atoms. The number of nitrogens with zero attached hydrogens (tertiary/aromatic N) is 3. The predicted octanol–water partition coefficient (Wildman–Crippen LogP) is 6.07. The van der Waals surface area contributed by atoms with Crippen molar-refractivity contribution in [1.82, 2.24) is 4.90 Å². The Hall–Kier alpha value is -3.46. The number of aliphatic imine (C=N–C) groups is 1. The standard InChI is InChI=1S/C26H22F3N3O2S/c1-17-5-7-20(8-6-17)31-11-13-32(14-12-31)25-30-24(33)23(35-25)16-21-9-10-22(34-21)18-3-2-4-19(15-18)26(27,28)29/h2-10,15-16H,11-14H2,1H3/b23-16+. The van der Waals surface area contributed by atoms with E-state index in [-0.39, 0.29) is 5.91 Å². The summed E-state index contributed by atoms with van der Waals surface area (Å²) in [5, 5.41) is 0.662. The van der Waals surface area contributed by atoms with Crippen molar-refractivity contribution >= 4 is 34.6 Å². The summed E-state index contributed by atoms with van der Waals surface area (Å²) >= 11 is 1.29. The number of carbonyl (C=O) groups excluding carboxylic acids is 1. The van der Waals surface area contributed by atoms with Gasteiger partial charge in [-0.1, -0.05) is 29.8 Å². The SMILES string of the molecule is Cc1ccc(N2CCN(C3=NC(=O)/C(=C\c4ccc(-c5cccc(C(F)(F)F)c5)o4)S3)CC2)cc1. The van der Waals surface area contributed by atoms with Crippen LogP contribution in [0.4, 0.5) is 18.9 Å². The van der Waals surface area contributed by atoms with Gasteiger partial charge in [0.05, 0.1) is 10.5 Å². The minimum Gasteiger partial charge on any atom is -0.457 e. The molecular weight excluding hydrogens is 475 g/mol. The van der Waals surface area contributed by atoms with Crippen LogP contribution in [-0.4, -0.2) is 42.2 Å². The van der Waals surface area contributed by atoms with Crippen LogP contribution >= 0.6 is 11.8 Å². The van der Waals surface area contributed by atoms with E-state index in [1.807, 2.05) is 0 Å². The smallest absolute Gasteiger partial charge is 0.416 e. The number of rotatable bonds is 3. The number of halogens is 3. The average Bonchev–Trinajstić information content (AvgIpc) is 3.46. The van der Waals surface area contributed by atoms with E-state index in [2.05, 4.69) is 46.0 Å². The topological polar surface area (TPSA) is 49.0 Å². The molecule has 0 unspecified atom stereocenters. The molecule has 0 bridgehead atoms. The van der Waals surface area contributed by atoms with Crippen LogP contribution in [-0.2, 0) is 11.0 Å². The van der Waals surface area contributed by atoms with Crippen LogP contribution < -0.4 is 4.90 Å². The summed E-state index contributed by atoms with van der Waals surface area (Å²) in [5.74, 6) is 0.337. The van der Waals surface area contributed by atoms with Crippen LogP contribution in [0.25, 0.3) is 17.4 Å². The van der Waals surface area contributed by atoms with Crippen LogP contribution in [0.3, 0.4) is 0 Å². The van der Waals surface area contributed by atoms with E-state index in [0.29, 0.717) is 27.2 Å². The number of carbonyl (C=O) groups is 1. The van der Waals surface area contributed by atoms with Crippen LogP contribution in [0, 0.1) is 6.92 Å². The van der Waals surface area contributed by atoms with Crippen LogP contribution in [0.5, 0.6) is 0 Å². The summed E-state index contributed by atoms with van der Waals surface area (Å²) in [7, 11) is 0. The number of anilines is 1. The maximum atomic E-state index is 13.0. The van der Waals surface area contributed by atoms with Crippen molar-refractivity contribution in [3.63, 3.8) is 0 Å². The molecule has 5 rings (SSSR count). The van der Waals surface area contributed by atoms with Gasteiger partial charge in [0, 0.05) is 43.5 Å². The number of benzene rings is 2. The highest BCUT2D eigenvalue weighted by atomic mass is 32.2. The first kappa shape index (κ1) is 23.3. The molecule has 3 aromatic rings. The van der Waals surface area contributed by atoms with Crippen molar-refractivity contribution in [2.45, 2.75) is 13.1 Å². The third-order valence-electron chi connectivity index (χ3n) is 5.93. The normalized spacial score (nSPS) is 17.9. The zero-order chi connectivity index (χ0) is 24.6. The van der Waals surface area contributed by atoms with Crippen molar-refractivity contribution in [1.29, 1.82) is 0 Å². The number of aryl methyl sites for hydroxylation is 1. The molecule has 5 nitrogen and oxygen atoms in total. The molecule has 2 aliphatic rings. The van der Waals surface area contributed by atoms with Gasteiger partial charge < -0.3 is 14.2 Å². The van der Waals surface area contributed by atoms with Gasteiger partial charge in [-0.2, -0.15) is 18.2 Å².